The van der Waals surface area contributed by atoms with Gasteiger partial charge >= 0.3 is 64.3 Å². The number of carbonyl (C=O) groups is 1. The van der Waals surface area contributed by atoms with Gasteiger partial charge in [-0.15, -0.1) is 0 Å². The van der Waals surface area contributed by atoms with E-state index in [0.29, 0.717) is 5.56 Å². The van der Waals surface area contributed by atoms with Crippen molar-refractivity contribution in [1.29, 1.82) is 0 Å². The van der Waals surface area contributed by atoms with Crippen LogP contribution in [0, 0.1) is 0 Å². The standard InChI is InChI=1S/C10H11BF3O3.K/c1-16-9-5-7(6-10(15)17-2)3-4-8(9)11(12,13)14;/h3-5H,6H2,1-2H3;/q-1;+1. The number of benzene rings is 1. The first-order chi connectivity index (χ1) is 7.88. The summed E-state index contributed by atoms with van der Waals surface area (Å²) in [6.07, 6.45) is -0.0853. The van der Waals surface area contributed by atoms with Gasteiger partial charge in [-0.05, 0) is 11.6 Å². The zero-order chi connectivity index (χ0) is 13.1. The Hall–Kier alpha value is -0.0187. The first-order valence-corrected chi connectivity index (χ1v) is 4.82. The number of halogens is 3. The average Bonchev–Trinajstić information content (AvgIpc) is 2.27. The second kappa shape index (κ2) is 7.54. The van der Waals surface area contributed by atoms with Crippen LogP contribution in [0.3, 0.4) is 0 Å². The molecule has 0 aliphatic carbocycles. The van der Waals surface area contributed by atoms with Gasteiger partial charge in [0, 0.05) is 0 Å². The smallest absolute Gasteiger partial charge is 0.500 e. The van der Waals surface area contributed by atoms with Crippen LogP contribution in [0.15, 0.2) is 18.2 Å². The zero-order valence-corrected chi connectivity index (χ0v) is 13.5. The Morgan fingerprint density at radius 3 is 2.33 bits per heavy atom. The molecule has 0 aromatic heterocycles. The topological polar surface area (TPSA) is 35.5 Å². The van der Waals surface area contributed by atoms with Gasteiger partial charge in [0.15, 0.2) is 0 Å². The van der Waals surface area contributed by atoms with Crippen LogP contribution in [-0.4, -0.2) is 27.2 Å². The Kier molecular flexibility index (Phi) is 7.53. The van der Waals surface area contributed by atoms with E-state index in [0.717, 1.165) is 13.2 Å². The molecule has 1 aromatic carbocycles. The van der Waals surface area contributed by atoms with E-state index in [1.54, 1.807) is 0 Å². The van der Waals surface area contributed by atoms with E-state index in [2.05, 4.69) is 9.47 Å². The van der Waals surface area contributed by atoms with Crippen molar-refractivity contribution in [1.82, 2.24) is 0 Å². The first-order valence-electron chi connectivity index (χ1n) is 4.82. The predicted octanol–water partition coefficient (Wildman–Crippen LogP) is -1.53. The maximum absolute atomic E-state index is 12.6. The van der Waals surface area contributed by atoms with Crippen molar-refractivity contribution in [2.75, 3.05) is 14.2 Å². The van der Waals surface area contributed by atoms with E-state index in [1.807, 2.05) is 0 Å². The molecule has 8 heteroatoms. The van der Waals surface area contributed by atoms with E-state index in [4.69, 9.17) is 0 Å². The van der Waals surface area contributed by atoms with Crippen LogP contribution < -0.4 is 61.6 Å². The second-order valence-electron chi connectivity index (χ2n) is 3.40. The van der Waals surface area contributed by atoms with Gasteiger partial charge in [-0.2, -0.15) is 0 Å². The number of esters is 1. The Labute approximate surface area is 146 Å². The molecule has 0 fully saturated rings. The van der Waals surface area contributed by atoms with Crippen LogP contribution in [0.1, 0.15) is 5.56 Å². The van der Waals surface area contributed by atoms with Gasteiger partial charge in [-0.25, -0.2) is 0 Å². The van der Waals surface area contributed by atoms with Crippen molar-refractivity contribution in [3.63, 3.8) is 0 Å². The van der Waals surface area contributed by atoms with E-state index < -0.39 is 18.4 Å². The number of methoxy groups -OCH3 is 2. The first kappa shape index (κ1) is 18.0. The Morgan fingerprint density at radius 1 is 1.28 bits per heavy atom. The maximum Gasteiger partial charge on any atom is 1.00 e. The normalized spacial score (nSPS) is 10.5. The summed E-state index contributed by atoms with van der Waals surface area (Å²) >= 11 is 0. The number of rotatable bonds is 4. The predicted molar refractivity (Wildman–Crippen MR) is 57.4 cm³/mol. The van der Waals surface area contributed by atoms with Gasteiger partial charge in [-0.1, -0.05) is 17.6 Å². The molecule has 0 amide bonds. The fourth-order valence-electron chi connectivity index (χ4n) is 1.37. The van der Waals surface area contributed by atoms with Crippen LogP contribution in [0.5, 0.6) is 5.75 Å². The summed E-state index contributed by atoms with van der Waals surface area (Å²) in [5, 5.41) is 0. The van der Waals surface area contributed by atoms with Crippen molar-refractivity contribution in [2.24, 2.45) is 0 Å². The van der Waals surface area contributed by atoms with Crippen molar-refractivity contribution in [3.05, 3.63) is 23.8 Å². The molecular weight excluding hydrogens is 275 g/mol. The van der Waals surface area contributed by atoms with Crippen LogP contribution in [0.2, 0.25) is 0 Å². The molecule has 0 bridgehead atoms. The summed E-state index contributed by atoms with van der Waals surface area (Å²) in [5.74, 6) is -0.795. The molecule has 0 atom stereocenters. The summed E-state index contributed by atoms with van der Waals surface area (Å²) in [5.41, 5.74) is -0.390. The third-order valence-electron chi connectivity index (χ3n) is 2.23. The molecule has 1 rings (SSSR count). The largest absolute Gasteiger partial charge is 1.00 e. The Bertz CT molecular complexity index is 423. The molecule has 0 heterocycles. The van der Waals surface area contributed by atoms with E-state index in [9.17, 15) is 17.7 Å². The van der Waals surface area contributed by atoms with Gasteiger partial charge in [0.2, 0.25) is 0 Å². The van der Waals surface area contributed by atoms with Gasteiger partial charge in [-0.3, -0.25) is 4.79 Å². The summed E-state index contributed by atoms with van der Waals surface area (Å²) in [7, 11) is 2.37. The molecule has 0 spiro atoms. The van der Waals surface area contributed by atoms with Crippen LogP contribution >= 0.6 is 0 Å². The summed E-state index contributed by atoms with van der Waals surface area (Å²) in [6.45, 7) is -5.12. The molecule has 18 heavy (non-hydrogen) atoms. The summed E-state index contributed by atoms with van der Waals surface area (Å²) in [6, 6.07) is 3.35. The van der Waals surface area contributed by atoms with E-state index in [1.165, 1.54) is 19.2 Å². The zero-order valence-electron chi connectivity index (χ0n) is 10.4. The number of hydrogen-bond donors (Lipinski definition) is 0. The van der Waals surface area contributed by atoms with Crippen molar-refractivity contribution in [2.45, 2.75) is 6.42 Å². The quantitative estimate of drug-likeness (QED) is 0.497. The van der Waals surface area contributed by atoms with Crippen molar-refractivity contribution in [3.8, 4) is 5.75 Å². The average molecular weight is 286 g/mol. The van der Waals surface area contributed by atoms with Gasteiger partial charge in [0.1, 0.15) is 0 Å². The minimum atomic E-state index is -5.12. The molecule has 0 saturated carbocycles. The maximum atomic E-state index is 12.6. The molecule has 94 valence electrons. The Morgan fingerprint density at radius 2 is 1.89 bits per heavy atom. The van der Waals surface area contributed by atoms with Gasteiger partial charge < -0.3 is 22.4 Å². The molecule has 1 aromatic rings. The van der Waals surface area contributed by atoms with E-state index >= 15 is 0 Å². The number of carbonyl (C=O) groups excluding carboxylic acids is 1. The molecule has 0 radical (unpaired) electrons. The minimum absolute atomic E-state index is 0. The van der Waals surface area contributed by atoms with Gasteiger partial charge in [0.25, 0.3) is 0 Å². The second-order valence-corrected chi connectivity index (χ2v) is 3.40. The molecule has 0 aliphatic heterocycles. The molecule has 0 N–H and O–H groups in total. The number of hydrogen-bond acceptors (Lipinski definition) is 3. The molecule has 0 saturated heterocycles. The monoisotopic (exact) mass is 286 g/mol. The third-order valence-corrected chi connectivity index (χ3v) is 2.23. The van der Waals surface area contributed by atoms with Crippen LogP contribution in [0.25, 0.3) is 0 Å². The Balaban J connectivity index is 0.00000289. The summed E-state index contributed by atoms with van der Waals surface area (Å²) < 4.78 is 46.9. The fraction of sp³-hybridized carbons (Fsp3) is 0.300. The van der Waals surface area contributed by atoms with Crippen molar-refractivity contribution < 1.29 is 78.6 Å². The molecule has 0 aliphatic rings. The van der Waals surface area contributed by atoms with Crippen LogP contribution in [0.4, 0.5) is 12.9 Å². The molecule has 3 nitrogen and oxygen atoms in total. The van der Waals surface area contributed by atoms with Crippen LogP contribution in [-0.2, 0) is 16.0 Å². The summed E-state index contributed by atoms with van der Waals surface area (Å²) in [4.78, 5) is 11.0. The van der Waals surface area contributed by atoms with Crippen molar-refractivity contribution >= 4 is 18.4 Å². The SMILES string of the molecule is COC(=O)Cc1ccc([B-](F)(F)F)c(OC)c1.[K+]. The molecule has 0 unspecified atom stereocenters. The molecular formula is C10H11BF3KO3. The third kappa shape index (κ3) is 4.93. The fourth-order valence-corrected chi connectivity index (χ4v) is 1.37. The van der Waals surface area contributed by atoms with E-state index in [-0.39, 0.29) is 63.6 Å². The minimum Gasteiger partial charge on any atom is -0.500 e. The number of ether oxygens (including phenoxy) is 2. The van der Waals surface area contributed by atoms with Gasteiger partial charge in [0.05, 0.1) is 26.4 Å².